The normalized spacial score (nSPS) is 11.2. The summed E-state index contributed by atoms with van der Waals surface area (Å²) in [6.07, 6.45) is -4.81. The number of hydrogen-bond acceptors (Lipinski definition) is 4. The van der Waals surface area contributed by atoms with E-state index in [9.17, 15) is 13.2 Å². The monoisotopic (exact) mass is 262 g/mol. The zero-order chi connectivity index (χ0) is 13.9. The van der Waals surface area contributed by atoms with Gasteiger partial charge in [0.05, 0.1) is 12.8 Å². The fourth-order valence-electron chi connectivity index (χ4n) is 1.34. The molecule has 0 fully saturated rings. The topological polar surface area (TPSA) is 88.4 Å². The van der Waals surface area contributed by atoms with Crippen molar-refractivity contribution in [3.8, 4) is 5.75 Å². The minimum atomic E-state index is -4.81. The Kier molecular flexibility index (Phi) is 4.15. The van der Waals surface area contributed by atoms with E-state index in [4.69, 9.17) is 21.7 Å². The van der Waals surface area contributed by atoms with Gasteiger partial charge in [-0.15, -0.1) is 0 Å². The van der Waals surface area contributed by atoms with Gasteiger partial charge >= 0.3 is 6.18 Å². The molecule has 0 bridgehead atoms. The van der Waals surface area contributed by atoms with Gasteiger partial charge in [-0.25, -0.2) is 5.84 Å². The van der Waals surface area contributed by atoms with Crippen molar-refractivity contribution in [1.82, 2.24) is 0 Å². The first-order chi connectivity index (χ1) is 8.31. The molecule has 0 saturated heterocycles. The summed E-state index contributed by atoms with van der Waals surface area (Å²) in [5.41, 5.74) is 5.95. The molecule has 8 heteroatoms. The lowest BCUT2D eigenvalue weighted by atomic mass is 10.1. The van der Waals surface area contributed by atoms with Gasteiger partial charge in [-0.3, -0.25) is 10.4 Å². The molecule has 0 spiro atoms. The summed E-state index contributed by atoms with van der Waals surface area (Å²) < 4.78 is 41.9. The number of nitrogens with zero attached hydrogens (tertiary/aromatic N) is 1. The van der Waals surface area contributed by atoms with Crippen LogP contribution in [0, 0.1) is 5.41 Å². The van der Waals surface area contributed by atoms with Gasteiger partial charge in [0.2, 0.25) is 5.84 Å². The first kappa shape index (κ1) is 14.3. The molecule has 5 N–H and O–H groups in total. The van der Waals surface area contributed by atoms with E-state index >= 15 is 0 Å². The Balaban J connectivity index is 3.07. The van der Waals surface area contributed by atoms with Crippen molar-refractivity contribution in [2.24, 2.45) is 11.6 Å². The Morgan fingerprint density at radius 3 is 2.50 bits per heavy atom. The molecule has 0 aliphatic rings. The maximum Gasteiger partial charge on any atom is 0.450 e. The lowest BCUT2D eigenvalue weighted by Gasteiger charge is -2.22. The van der Waals surface area contributed by atoms with Crippen LogP contribution in [-0.4, -0.2) is 19.1 Å². The molecule has 0 heterocycles. The zero-order valence-electron chi connectivity index (χ0n) is 9.58. The van der Waals surface area contributed by atoms with Crippen molar-refractivity contribution in [2.75, 3.05) is 12.1 Å². The first-order valence-corrected chi connectivity index (χ1v) is 4.88. The molecule has 100 valence electrons. The van der Waals surface area contributed by atoms with Crippen LogP contribution in [0.5, 0.6) is 5.75 Å². The average molecular weight is 262 g/mol. The minimum absolute atomic E-state index is 0.0126. The third kappa shape index (κ3) is 2.90. The van der Waals surface area contributed by atoms with Gasteiger partial charge in [0.1, 0.15) is 5.75 Å². The van der Waals surface area contributed by atoms with E-state index in [-0.39, 0.29) is 17.2 Å². The number of anilines is 1. The fourth-order valence-corrected chi connectivity index (χ4v) is 1.34. The third-order valence-corrected chi connectivity index (χ3v) is 2.27. The van der Waals surface area contributed by atoms with Gasteiger partial charge in [0.15, 0.2) is 0 Å². The lowest BCUT2D eigenvalue weighted by molar-refractivity contribution is -0.0610. The maximum absolute atomic E-state index is 12.3. The molecular weight excluding hydrogens is 249 g/mol. The standard InChI is InChI=1S/C10H13F3N4O/c1-18-8-3-2-7(4-6(8)5-14)17(16)9(15)10(11,12)13/h2-4,15H,5,14,16H2,1H3. The molecule has 0 amide bonds. The SMILES string of the molecule is COc1ccc(N(N)C(=N)C(F)(F)F)cc1CN. The molecular formula is C10H13F3N4O. The van der Waals surface area contributed by atoms with Crippen LogP contribution in [0.1, 0.15) is 5.56 Å². The van der Waals surface area contributed by atoms with E-state index in [1.54, 1.807) is 0 Å². The lowest BCUT2D eigenvalue weighted by Crippen LogP contribution is -2.45. The molecule has 0 atom stereocenters. The molecule has 18 heavy (non-hydrogen) atoms. The summed E-state index contributed by atoms with van der Waals surface area (Å²) >= 11 is 0. The third-order valence-electron chi connectivity index (χ3n) is 2.27. The molecule has 0 aliphatic heterocycles. The van der Waals surface area contributed by atoms with Gasteiger partial charge in [-0.2, -0.15) is 13.2 Å². The number of amidine groups is 1. The second-order valence-electron chi connectivity index (χ2n) is 3.42. The largest absolute Gasteiger partial charge is 0.496 e. The Labute approximate surface area is 102 Å². The van der Waals surface area contributed by atoms with Crippen molar-refractivity contribution in [2.45, 2.75) is 12.7 Å². The number of rotatable bonds is 3. The Hall–Kier alpha value is -1.80. The Morgan fingerprint density at radius 2 is 2.06 bits per heavy atom. The summed E-state index contributed by atoms with van der Waals surface area (Å²) in [4.78, 5) is 0. The van der Waals surface area contributed by atoms with E-state index in [2.05, 4.69) is 0 Å². The molecule has 0 aromatic heterocycles. The van der Waals surface area contributed by atoms with Crippen molar-refractivity contribution in [3.05, 3.63) is 23.8 Å². The predicted octanol–water partition coefficient (Wildman–Crippen LogP) is 1.37. The zero-order valence-corrected chi connectivity index (χ0v) is 9.58. The Bertz CT molecular complexity index is 447. The summed E-state index contributed by atoms with van der Waals surface area (Å²) in [5, 5.41) is 7.17. The highest BCUT2D eigenvalue weighted by molar-refractivity contribution is 5.98. The van der Waals surface area contributed by atoms with Crippen LogP contribution in [0.25, 0.3) is 0 Å². The highest BCUT2D eigenvalue weighted by Crippen LogP contribution is 2.26. The molecule has 5 nitrogen and oxygen atoms in total. The number of hydrogen-bond donors (Lipinski definition) is 3. The molecule has 1 aromatic carbocycles. The summed E-state index contributed by atoms with van der Waals surface area (Å²) in [7, 11) is 1.42. The molecule has 0 radical (unpaired) electrons. The van der Waals surface area contributed by atoms with Crippen LogP contribution >= 0.6 is 0 Å². The molecule has 0 saturated carbocycles. The van der Waals surface area contributed by atoms with Crippen LogP contribution in [0.4, 0.5) is 18.9 Å². The van der Waals surface area contributed by atoms with Crippen LogP contribution in [0.3, 0.4) is 0 Å². The number of benzene rings is 1. The number of alkyl halides is 3. The second kappa shape index (κ2) is 5.23. The smallest absolute Gasteiger partial charge is 0.450 e. The van der Waals surface area contributed by atoms with Crippen molar-refractivity contribution in [3.63, 3.8) is 0 Å². The predicted molar refractivity (Wildman–Crippen MR) is 61.3 cm³/mol. The van der Waals surface area contributed by atoms with Crippen molar-refractivity contribution >= 4 is 11.5 Å². The number of ether oxygens (including phenoxy) is 1. The second-order valence-corrected chi connectivity index (χ2v) is 3.42. The first-order valence-electron chi connectivity index (χ1n) is 4.88. The minimum Gasteiger partial charge on any atom is -0.496 e. The highest BCUT2D eigenvalue weighted by Gasteiger charge is 2.38. The molecule has 0 unspecified atom stereocenters. The van der Waals surface area contributed by atoms with Gasteiger partial charge < -0.3 is 10.5 Å². The van der Waals surface area contributed by atoms with E-state index < -0.39 is 12.0 Å². The van der Waals surface area contributed by atoms with Crippen molar-refractivity contribution in [1.29, 1.82) is 5.41 Å². The number of halogens is 3. The van der Waals surface area contributed by atoms with E-state index in [0.717, 1.165) is 0 Å². The van der Waals surface area contributed by atoms with Gasteiger partial charge in [-0.1, -0.05) is 0 Å². The maximum atomic E-state index is 12.3. The summed E-state index contributed by atoms with van der Waals surface area (Å²) in [6.45, 7) is 0.0875. The Morgan fingerprint density at radius 1 is 1.44 bits per heavy atom. The average Bonchev–Trinajstić information content (AvgIpc) is 2.34. The molecule has 0 aliphatic carbocycles. The number of nitrogens with one attached hydrogen (secondary N) is 1. The number of nitrogens with two attached hydrogens (primary N) is 2. The van der Waals surface area contributed by atoms with E-state index in [1.165, 1.54) is 25.3 Å². The van der Waals surface area contributed by atoms with Gasteiger partial charge in [0.25, 0.3) is 0 Å². The van der Waals surface area contributed by atoms with E-state index in [1.807, 2.05) is 0 Å². The number of hydrazine groups is 1. The van der Waals surface area contributed by atoms with Crippen LogP contribution in [0.2, 0.25) is 0 Å². The van der Waals surface area contributed by atoms with E-state index in [0.29, 0.717) is 11.3 Å². The quantitative estimate of drug-likeness (QED) is 0.332. The molecule has 1 aromatic rings. The highest BCUT2D eigenvalue weighted by atomic mass is 19.4. The molecule has 1 rings (SSSR count). The van der Waals surface area contributed by atoms with Crippen LogP contribution < -0.4 is 21.3 Å². The van der Waals surface area contributed by atoms with Gasteiger partial charge in [-0.05, 0) is 18.2 Å². The summed E-state index contributed by atoms with van der Waals surface area (Å²) in [5.74, 6) is 4.04. The fraction of sp³-hybridized carbons (Fsp3) is 0.300. The van der Waals surface area contributed by atoms with Crippen LogP contribution in [0.15, 0.2) is 18.2 Å². The van der Waals surface area contributed by atoms with Crippen molar-refractivity contribution < 1.29 is 17.9 Å². The van der Waals surface area contributed by atoms with Crippen LogP contribution in [-0.2, 0) is 6.54 Å². The number of methoxy groups -OCH3 is 1. The van der Waals surface area contributed by atoms with Gasteiger partial charge in [0, 0.05) is 12.1 Å². The summed E-state index contributed by atoms with van der Waals surface area (Å²) in [6, 6.07) is 4.11.